The second-order valence-electron chi connectivity index (χ2n) is 4.75. The Morgan fingerprint density at radius 1 is 1.21 bits per heavy atom. The van der Waals surface area contributed by atoms with Crippen LogP contribution in [0.1, 0.15) is 34.1 Å². The summed E-state index contributed by atoms with van der Waals surface area (Å²) in [5, 5.41) is 8.93. The molecule has 96 valence electrons. The maximum absolute atomic E-state index is 12.3. The molecular formula is C14H13BO4. The number of Topliss-reactive ketones (excluding diaryl/α,β-unsaturated/α-hetero) is 2. The van der Waals surface area contributed by atoms with Crippen LogP contribution in [0, 0.1) is 5.92 Å². The molecule has 0 saturated heterocycles. The van der Waals surface area contributed by atoms with E-state index in [9.17, 15) is 14.4 Å². The van der Waals surface area contributed by atoms with E-state index in [1.54, 1.807) is 32.1 Å². The van der Waals surface area contributed by atoms with Crippen molar-refractivity contribution in [1.29, 1.82) is 0 Å². The first kappa shape index (κ1) is 13.3. The van der Waals surface area contributed by atoms with Crippen molar-refractivity contribution in [2.24, 2.45) is 5.92 Å². The van der Waals surface area contributed by atoms with Crippen molar-refractivity contribution >= 4 is 25.4 Å². The Bertz CT molecular complexity index is 616. The molecule has 0 radical (unpaired) electrons. The fourth-order valence-electron chi connectivity index (χ4n) is 2.19. The first-order chi connectivity index (χ1) is 8.93. The third-order valence-corrected chi connectivity index (χ3v) is 3.42. The number of carbonyl (C=O) groups excluding carboxylic acids is 2. The second-order valence-corrected chi connectivity index (χ2v) is 4.75. The number of carbonyl (C=O) groups is 3. The molecule has 1 aliphatic rings. The number of fused-ring (bicyclic) bond motifs is 1. The van der Waals surface area contributed by atoms with Gasteiger partial charge in [0, 0.05) is 11.1 Å². The van der Waals surface area contributed by atoms with E-state index in [1.165, 1.54) is 6.92 Å². The second kappa shape index (κ2) is 4.84. The monoisotopic (exact) mass is 256 g/mol. The summed E-state index contributed by atoms with van der Waals surface area (Å²) in [5.41, 5.74) is 1.44. The highest BCUT2D eigenvalue weighted by Crippen LogP contribution is 2.28. The van der Waals surface area contributed by atoms with Gasteiger partial charge in [0.15, 0.2) is 11.6 Å². The van der Waals surface area contributed by atoms with Crippen molar-refractivity contribution < 1.29 is 19.5 Å². The van der Waals surface area contributed by atoms with Crippen molar-refractivity contribution in [2.45, 2.75) is 13.3 Å². The van der Waals surface area contributed by atoms with Crippen LogP contribution in [0.4, 0.5) is 0 Å². The number of hydrogen-bond acceptors (Lipinski definition) is 3. The number of hydrogen-bond donors (Lipinski definition) is 1. The highest BCUT2D eigenvalue weighted by molar-refractivity contribution is 6.46. The number of carboxylic acid groups (broad SMARTS) is 1. The topological polar surface area (TPSA) is 71.4 Å². The Labute approximate surface area is 111 Å². The standard InChI is InChI=1S/C14H13BO4/c1-7(14(18)19)6-10-11(15)13(17)9-5-3-2-4-8(9)12(10)16/h2-5,7H,6,15H2,1H3,(H,18,19). The average Bonchev–Trinajstić information content (AvgIpc) is 2.40. The zero-order valence-corrected chi connectivity index (χ0v) is 10.8. The van der Waals surface area contributed by atoms with Gasteiger partial charge < -0.3 is 5.11 Å². The number of allylic oxidation sites excluding steroid dienone is 2. The van der Waals surface area contributed by atoms with E-state index in [0.29, 0.717) is 22.2 Å². The van der Waals surface area contributed by atoms with Gasteiger partial charge in [-0.05, 0) is 17.5 Å². The number of rotatable bonds is 3. The Morgan fingerprint density at radius 3 is 2.26 bits per heavy atom. The maximum Gasteiger partial charge on any atom is 0.306 e. The van der Waals surface area contributed by atoms with Crippen LogP contribution < -0.4 is 0 Å². The summed E-state index contributed by atoms with van der Waals surface area (Å²) >= 11 is 0. The Morgan fingerprint density at radius 2 is 1.74 bits per heavy atom. The SMILES string of the molecule is BC1=C(CC(C)C(=O)O)C(=O)c2ccccc2C1=O. The lowest BCUT2D eigenvalue weighted by Crippen LogP contribution is -2.24. The lowest BCUT2D eigenvalue weighted by molar-refractivity contribution is -0.141. The lowest BCUT2D eigenvalue weighted by Gasteiger charge is -2.20. The van der Waals surface area contributed by atoms with E-state index in [-0.39, 0.29) is 18.0 Å². The van der Waals surface area contributed by atoms with Crippen LogP contribution in [-0.2, 0) is 4.79 Å². The van der Waals surface area contributed by atoms with Gasteiger partial charge in [0.1, 0.15) is 7.85 Å². The molecule has 1 aliphatic carbocycles. The molecule has 1 aromatic carbocycles. The van der Waals surface area contributed by atoms with Crippen LogP contribution >= 0.6 is 0 Å². The minimum absolute atomic E-state index is 0.0834. The first-order valence-electron chi connectivity index (χ1n) is 6.04. The highest BCUT2D eigenvalue weighted by Gasteiger charge is 2.30. The van der Waals surface area contributed by atoms with E-state index in [1.807, 2.05) is 0 Å². The third-order valence-electron chi connectivity index (χ3n) is 3.42. The van der Waals surface area contributed by atoms with Crippen LogP contribution in [0.15, 0.2) is 35.3 Å². The van der Waals surface area contributed by atoms with E-state index >= 15 is 0 Å². The van der Waals surface area contributed by atoms with Crippen LogP contribution in [0.3, 0.4) is 0 Å². The number of aliphatic carboxylic acids is 1. The Kier molecular flexibility index (Phi) is 3.38. The summed E-state index contributed by atoms with van der Waals surface area (Å²) in [6.45, 7) is 1.53. The molecule has 19 heavy (non-hydrogen) atoms. The number of carboxylic acids is 1. The number of benzene rings is 1. The molecule has 0 aliphatic heterocycles. The summed E-state index contributed by atoms with van der Waals surface area (Å²) in [4.78, 5) is 35.4. The molecule has 0 heterocycles. The summed E-state index contributed by atoms with van der Waals surface area (Å²) in [6.07, 6.45) is 0.0834. The number of ketones is 2. The van der Waals surface area contributed by atoms with Crippen molar-refractivity contribution in [3.63, 3.8) is 0 Å². The van der Waals surface area contributed by atoms with Gasteiger partial charge in [0.05, 0.1) is 5.92 Å². The van der Waals surface area contributed by atoms with Gasteiger partial charge in [-0.25, -0.2) is 0 Å². The van der Waals surface area contributed by atoms with Crippen LogP contribution in [0.25, 0.3) is 0 Å². The Balaban J connectivity index is 2.46. The van der Waals surface area contributed by atoms with E-state index < -0.39 is 11.9 Å². The molecule has 1 unspecified atom stereocenters. The third kappa shape index (κ3) is 2.23. The molecule has 0 bridgehead atoms. The zero-order chi connectivity index (χ0) is 14.2. The molecule has 1 atom stereocenters. The molecule has 0 spiro atoms. The van der Waals surface area contributed by atoms with Gasteiger partial charge in [-0.2, -0.15) is 0 Å². The Hall–Kier alpha value is -2.17. The zero-order valence-electron chi connectivity index (χ0n) is 10.8. The molecule has 0 aromatic heterocycles. The molecule has 1 N–H and O–H groups in total. The van der Waals surface area contributed by atoms with Crippen molar-refractivity contribution in [3.05, 3.63) is 46.4 Å². The van der Waals surface area contributed by atoms with E-state index in [0.717, 1.165) is 0 Å². The quantitative estimate of drug-likeness (QED) is 0.821. The summed E-state index contributed by atoms with van der Waals surface area (Å²) in [7, 11) is 1.58. The van der Waals surface area contributed by atoms with Gasteiger partial charge >= 0.3 is 5.97 Å². The summed E-state index contributed by atoms with van der Waals surface area (Å²) < 4.78 is 0. The molecule has 0 fully saturated rings. The summed E-state index contributed by atoms with van der Waals surface area (Å²) in [6, 6.07) is 6.63. The lowest BCUT2D eigenvalue weighted by atomic mass is 9.73. The van der Waals surface area contributed by atoms with Crippen molar-refractivity contribution in [1.82, 2.24) is 0 Å². The van der Waals surface area contributed by atoms with Crippen LogP contribution in [-0.4, -0.2) is 30.5 Å². The normalized spacial score (nSPS) is 16.3. The molecule has 1 aromatic rings. The minimum Gasteiger partial charge on any atom is -0.481 e. The van der Waals surface area contributed by atoms with Gasteiger partial charge in [-0.1, -0.05) is 31.2 Å². The van der Waals surface area contributed by atoms with Gasteiger partial charge in [0.25, 0.3) is 0 Å². The van der Waals surface area contributed by atoms with Crippen LogP contribution in [0.5, 0.6) is 0 Å². The van der Waals surface area contributed by atoms with E-state index in [4.69, 9.17) is 5.11 Å². The smallest absolute Gasteiger partial charge is 0.306 e. The average molecular weight is 256 g/mol. The van der Waals surface area contributed by atoms with Crippen LogP contribution in [0.2, 0.25) is 0 Å². The van der Waals surface area contributed by atoms with Gasteiger partial charge in [0.2, 0.25) is 0 Å². The van der Waals surface area contributed by atoms with E-state index in [2.05, 4.69) is 0 Å². The predicted molar refractivity (Wildman–Crippen MR) is 72.1 cm³/mol. The highest BCUT2D eigenvalue weighted by atomic mass is 16.4. The van der Waals surface area contributed by atoms with Gasteiger partial charge in [-0.15, -0.1) is 0 Å². The molecule has 4 nitrogen and oxygen atoms in total. The predicted octanol–water partition coefficient (Wildman–Crippen LogP) is 1.06. The maximum atomic E-state index is 12.3. The molecule has 2 rings (SSSR count). The molecule has 0 saturated carbocycles. The summed E-state index contributed by atoms with van der Waals surface area (Å²) in [5.74, 6) is -2.09. The van der Waals surface area contributed by atoms with Crippen molar-refractivity contribution in [3.8, 4) is 0 Å². The molecule has 0 amide bonds. The van der Waals surface area contributed by atoms with Gasteiger partial charge in [-0.3, -0.25) is 14.4 Å². The fraction of sp³-hybridized carbons (Fsp3) is 0.214. The minimum atomic E-state index is -0.973. The molecule has 5 heteroatoms. The fourth-order valence-corrected chi connectivity index (χ4v) is 2.19. The van der Waals surface area contributed by atoms with Crippen molar-refractivity contribution in [2.75, 3.05) is 0 Å². The largest absolute Gasteiger partial charge is 0.481 e. The first-order valence-corrected chi connectivity index (χ1v) is 6.04. The molecular weight excluding hydrogens is 243 g/mol.